The highest BCUT2D eigenvalue weighted by molar-refractivity contribution is 9.10. The zero-order valence-corrected chi connectivity index (χ0v) is 69.3. The van der Waals surface area contributed by atoms with E-state index in [2.05, 4.69) is 179 Å². The number of nitrogens with one attached hydrogen (secondary N) is 1. The first-order chi connectivity index (χ1) is 55.5. The van der Waals surface area contributed by atoms with Crippen molar-refractivity contribution >= 4 is 164 Å². The van der Waals surface area contributed by atoms with Crippen LogP contribution >= 0.6 is 96.4 Å². The van der Waals surface area contributed by atoms with E-state index >= 15 is 0 Å². The van der Waals surface area contributed by atoms with Gasteiger partial charge in [-0.3, -0.25) is 40.2 Å². The number of benzene rings is 6. The molecular formula is C92H71BrClN9O5S6. The van der Waals surface area contributed by atoms with E-state index in [0.29, 0.717) is 0 Å². The van der Waals surface area contributed by atoms with Crippen LogP contribution in [0.3, 0.4) is 0 Å². The first-order valence-corrected chi connectivity index (χ1v) is 43.2. The number of rotatable bonds is 10. The molecule has 6 aromatic carbocycles. The van der Waals surface area contributed by atoms with Crippen LogP contribution in [0.1, 0.15) is 90.5 Å². The molecule has 564 valence electrons. The lowest BCUT2D eigenvalue weighted by molar-refractivity contribution is -0.384. The molecule has 0 unspecified atom stereocenters. The maximum absolute atomic E-state index is 10.7. The predicted molar refractivity (Wildman–Crippen MR) is 480 cm³/mol. The molecule has 0 spiro atoms. The van der Waals surface area contributed by atoms with Gasteiger partial charge in [0.05, 0.1) is 98.9 Å². The van der Waals surface area contributed by atoms with Crippen LogP contribution in [0, 0.1) is 10.1 Å². The van der Waals surface area contributed by atoms with Gasteiger partial charge in [0, 0.05) is 135 Å². The molecule has 0 saturated carbocycles. The summed E-state index contributed by atoms with van der Waals surface area (Å²) < 4.78 is 17.2. The van der Waals surface area contributed by atoms with Crippen molar-refractivity contribution in [2.45, 2.75) is 38.5 Å². The number of hydrogen-bond donors (Lipinski definition) is 2. The Morgan fingerprint density at radius 1 is 0.386 bits per heavy atom. The number of non-ortho nitro benzene ring substituents is 1. The van der Waals surface area contributed by atoms with Gasteiger partial charge in [-0.2, -0.15) is 5.10 Å². The van der Waals surface area contributed by atoms with Crippen molar-refractivity contribution in [3.05, 3.63) is 347 Å². The Bertz CT molecular complexity index is 6350. The molecular weight excluding hydrogens is 1620 g/mol. The molecule has 11 aliphatic rings. The second kappa shape index (κ2) is 31.8. The van der Waals surface area contributed by atoms with E-state index in [4.69, 9.17) is 39.9 Å². The Hall–Kier alpha value is -10.9. The molecule has 14 nitrogen and oxygen atoms in total. The molecule has 22 heteroatoms. The third-order valence-electron chi connectivity index (χ3n) is 22.2. The van der Waals surface area contributed by atoms with E-state index in [9.17, 15) is 10.1 Å². The average molecular weight is 1690 g/mol. The van der Waals surface area contributed by atoms with Crippen LogP contribution in [0.25, 0.3) is 50.4 Å². The van der Waals surface area contributed by atoms with E-state index in [-0.39, 0.29) is 23.0 Å². The summed E-state index contributed by atoms with van der Waals surface area (Å²) >= 11 is 14.5. The number of nitro benzene ring substituents is 1. The molecule has 7 aromatic heterocycles. The highest BCUT2D eigenvalue weighted by Crippen LogP contribution is 2.48. The summed E-state index contributed by atoms with van der Waals surface area (Å²) in [6, 6.07) is 60.9. The summed E-state index contributed by atoms with van der Waals surface area (Å²) in [6.45, 7) is 4.03. The number of nitrogen functional groups attached to an aromatic ring is 1. The normalized spacial score (nSPS) is 15.6. The summed E-state index contributed by atoms with van der Waals surface area (Å²) in [5.41, 5.74) is 45.0. The summed E-state index contributed by atoms with van der Waals surface area (Å²) in [5, 5.41) is 31.3. The van der Waals surface area contributed by atoms with Crippen molar-refractivity contribution in [1.29, 1.82) is 0 Å². The van der Waals surface area contributed by atoms with Crippen molar-refractivity contribution in [2.24, 2.45) is 25.0 Å². The number of nitrogens with zero attached hydrogens (tertiary/aromatic N) is 7. The number of hydrogen-bond acceptors (Lipinski definition) is 18. The third kappa shape index (κ3) is 13.9. The largest absolute Gasteiger partial charge is 0.497 e. The number of ether oxygens (including phenoxy) is 3. The fourth-order valence-corrected chi connectivity index (χ4v) is 22.4. The van der Waals surface area contributed by atoms with Crippen LogP contribution in [0.5, 0.6) is 17.2 Å². The molecule has 0 amide bonds. The lowest BCUT2D eigenvalue weighted by atomic mass is 9.99. The number of fused-ring (bicyclic) bond motifs is 13. The second-order valence-corrected chi connectivity index (χ2v) is 35.2. The van der Waals surface area contributed by atoms with Gasteiger partial charge in [-0.25, -0.2) is 0 Å². The summed E-state index contributed by atoms with van der Waals surface area (Å²) in [5.74, 6) is 2.51. The third-order valence-corrected chi connectivity index (χ3v) is 28.2. The minimum atomic E-state index is -0.377. The van der Waals surface area contributed by atoms with Gasteiger partial charge >= 0.3 is 0 Å². The van der Waals surface area contributed by atoms with Gasteiger partial charge in [0.2, 0.25) is 0 Å². The van der Waals surface area contributed by atoms with Gasteiger partial charge in [-0.1, -0.05) is 82.7 Å². The smallest absolute Gasteiger partial charge is 0.269 e. The number of methoxy groups -OCH3 is 3. The fourth-order valence-electron chi connectivity index (χ4n) is 16.7. The van der Waals surface area contributed by atoms with Crippen molar-refractivity contribution in [3.63, 3.8) is 0 Å². The van der Waals surface area contributed by atoms with E-state index in [1.54, 1.807) is 56.9 Å². The number of allylic oxidation sites excluding steroid dienone is 5. The lowest BCUT2D eigenvalue weighted by Crippen LogP contribution is -2.06. The molecule has 12 heterocycles. The Kier molecular flexibility index (Phi) is 20.8. The molecule has 5 aliphatic heterocycles. The minimum absolute atomic E-state index is 0. The average Bonchev–Trinajstić information content (AvgIpc) is 1.60. The summed E-state index contributed by atoms with van der Waals surface area (Å²) in [7, 11) is 5.05. The maximum atomic E-state index is 10.7. The molecule has 0 fully saturated rings. The van der Waals surface area contributed by atoms with Crippen LogP contribution in [-0.4, -0.2) is 97.7 Å². The molecule has 114 heavy (non-hydrogen) atoms. The number of nitrogens with two attached hydrogens (primary N) is 1. The Balaban J connectivity index is 0.0000000950. The van der Waals surface area contributed by atoms with Gasteiger partial charge in [-0.05, 0) is 218 Å². The topological polar surface area (TPSA) is 187 Å². The van der Waals surface area contributed by atoms with Crippen LogP contribution in [0.15, 0.2) is 272 Å². The first-order valence-electron chi connectivity index (χ1n) is 37.1. The highest BCUT2D eigenvalue weighted by atomic mass is 79.9. The Morgan fingerprint density at radius 3 is 1.22 bits per heavy atom. The van der Waals surface area contributed by atoms with E-state index < -0.39 is 0 Å². The predicted octanol–water partition coefficient (Wildman–Crippen LogP) is 22.2. The van der Waals surface area contributed by atoms with E-state index in [0.717, 1.165) is 138 Å². The quantitative estimate of drug-likeness (QED) is 0.0774. The minimum Gasteiger partial charge on any atom is -0.497 e. The van der Waals surface area contributed by atoms with Crippen molar-refractivity contribution in [2.75, 3.05) is 59.8 Å². The SMILES string of the molecule is Brc1ccc(-c2n[nH]c3c2Cc2sccc2-3)cc1.COc1ccc(C2=NCC3=C2Cc2sccc23)c(OC)c1.COc1cccc(C2=NCC3=C2Cc2sccc23)c1.Cl.Nc1ccc(C2=NCC3=C2Cc2sccc23)cc1.O=[N+]([O-])c1ccc(C2=NCC3=C2Cc2sccc23)cc1.c1ccc(C2=NCC3=C2Cc2sccc23)cc1. The van der Waals surface area contributed by atoms with Gasteiger partial charge in [0.15, 0.2) is 0 Å². The van der Waals surface area contributed by atoms with E-state index in [1.807, 2.05) is 99.1 Å². The molecule has 13 aromatic rings. The number of thiophene rings is 6. The molecule has 24 rings (SSSR count). The summed E-state index contributed by atoms with van der Waals surface area (Å²) in [6.07, 6.45) is 6.11. The van der Waals surface area contributed by atoms with Gasteiger partial charge in [-0.15, -0.1) is 80.4 Å². The number of aliphatic imine (C=N–C) groups is 5. The number of halogens is 2. The zero-order chi connectivity index (χ0) is 76.4. The van der Waals surface area contributed by atoms with Crippen LogP contribution in [-0.2, 0) is 38.5 Å². The molecule has 0 saturated heterocycles. The Labute approximate surface area is 697 Å². The number of anilines is 1. The number of aromatic nitrogens is 2. The van der Waals surface area contributed by atoms with E-state index in [1.165, 1.54) is 158 Å². The van der Waals surface area contributed by atoms with Crippen LogP contribution in [0.2, 0.25) is 0 Å². The Morgan fingerprint density at radius 2 is 0.772 bits per heavy atom. The van der Waals surface area contributed by atoms with Crippen molar-refractivity contribution in [3.8, 4) is 39.8 Å². The first kappa shape index (κ1) is 74.6. The van der Waals surface area contributed by atoms with Crippen LogP contribution in [0.4, 0.5) is 11.4 Å². The maximum Gasteiger partial charge on any atom is 0.269 e. The van der Waals surface area contributed by atoms with Crippen LogP contribution < -0.4 is 19.9 Å². The zero-order valence-electron chi connectivity index (χ0n) is 62.0. The van der Waals surface area contributed by atoms with Gasteiger partial charge < -0.3 is 19.9 Å². The lowest BCUT2D eigenvalue weighted by Gasteiger charge is -2.12. The fraction of sp³-hybridized carbons (Fsp3) is 0.152. The highest BCUT2D eigenvalue weighted by Gasteiger charge is 2.36. The molecule has 0 bridgehead atoms. The molecule has 6 aliphatic carbocycles. The monoisotopic (exact) mass is 1690 g/mol. The summed E-state index contributed by atoms with van der Waals surface area (Å²) in [4.78, 5) is 42.7. The molecule has 0 atom stereocenters. The molecule has 0 radical (unpaired) electrons. The number of H-pyrrole nitrogens is 1. The van der Waals surface area contributed by atoms with Crippen molar-refractivity contribution in [1.82, 2.24) is 10.2 Å². The number of nitro groups is 1. The second-order valence-electron chi connectivity index (χ2n) is 28.2. The number of aromatic amines is 1. The van der Waals surface area contributed by atoms with Crippen molar-refractivity contribution < 1.29 is 19.1 Å². The van der Waals surface area contributed by atoms with Gasteiger partial charge in [0.1, 0.15) is 17.2 Å². The standard InChI is InChI=1S/C17H15NO2S.C16H13NOS.C15H10N2O2S.C15H12N2S.C15H11NS.C14H9BrN2S.ClH/c1-19-10-3-4-12(15(7-10)20-2)17-13-8-16-11(5-6-21-16)14(13)9-18-17;1-18-11-4-2-3-10(7-11)16-13-8-15-12(5-6-19-15)14(13)9-17-16;18-17(19)10-3-1-9(2-4-10)15-12-7-14-11(5-6-20-14)13(12)8-16-15;16-10-3-1-9(2-4-10)15-12-7-14-11(5-6-18-14)13(12)8-17-15;1-2-4-10(5-3-1)15-12-8-14-11(6-7-17-14)13(12)9-16-15;15-9-3-1-8(2-4-9)13-11-7-12-10(5-6-18-12)14(11)17-16-13;/h3-7H,8-9H2,1-2H3;2-7H,8-9H2,1H3;1-6H,7-8H2;1-6H,7-8,16H2;1-7H,8-9H2;1-6H,7H2,(H,16,17);1H. The molecule has 3 N–H and O–H groups in total. The van der Waals surface area contributed by atoms with Gasteiger partial charge in [0.25, 0.3) is 5.69 Å².